The summed E-state index contributed by atoms with van der Waals surface area (Å²) in [6.45, 7) is 6.73. The lowest BCUT2D eigenvalue weighted by molar-refractivity contribution is -0.133. The predicted molar refractivity (Wildman–Crippen MR) is 117 cm³/mol. The Morgan fingerprint density at radius 3 is 2.58 bits per heavy atom. The Balaban J connectivity index is 1.25. The van der Waals surface area contributed by atoms with E-state index in [0.29, 0.717) is 37.8 Å². The average molecular weight is 421 g/mol. The molecule has 1 amide bonds. The molecule has 2 aromatic carbocycles. The number of piperidine rings is 1. The van der Waals surface area contributed by atoms with E-state index in [-0.39, 0.29) is 18.6 Å². The van der Waals surface area contributed by atoms with Crippen LogP contribution in [0.4, 0.5) is 0 Å². The van der Waals surface area contributed by atoms with Crippen molar-refractivity contribution in [1.82, 2.24) is 14.5 Å². The van der Waals surface area contributed by atoms with E-state index in [2.05, 4.69) is 24.0 Å². The Kier molecular flexibility index (Phi) is 5.18. The minimum Gasteiger partial charge on any atom is -0.490 e. The number of ether oxygens (including phenoxy) is 3. The molecule has 1 aromatic heterocycles. The number of imidazole rings is 1. The molecule has 2 aliphatic heterocycles. The molecule has 0 bridgehead atoms. The van der Waals surface area contributed by atoms with Crippen LogP contribution in [-0.2, 0) is 11.3 Å². The van der Waals surface area contributed by atoms with Crippen LogP contribution in [0.15, 0.2) is 36.4 Å². The molecule has 7 nitrogen and oxygen atoms in total. The summed E-state index contributed by atoms with van der Waals surface area (Å²) in [5, 5.41) is 0. The number of carbonyl (C=O) groups excluding carboxylic acids is 1. The zero-order chi connectivity index (χ0) is 21.4. The first kappa shape index (κ1) is 19.7. The van der Waals surface area contributed by atoms with Crippen LogP contribution in [0.3, 0.4) is 0 Å². The van der Waals surface area contributed by atoms with Gasteiger partial charge in [-0.15, -0.1) is 0 Å². The predicted octanol–water partition coefficient (Wildman–Crippen LogP) is 3.49. The summed E-state index contributed by atoms with van der Waals surface area (Å²) in [5.41, 5.74) is 2.90. The summed E-state index contributed by atoms with van der Waals surface area (Å²) in [6.07, 6.45) is 1.81. The van der Waals surface area contributed by atoms with Gasteiger partial charge in [-0.2, -0.15) is 0 Å². The maximum absolute atomic E-state index is 13.0. The lowest BCUT2D eigenvalue weighted by atomic mass is 10.1. The number of benzene rings is 2. The molecule has 31 heavy (non-hydrogen) atoms. The van der Waals surface area contributed by atoms with E-state index < -0.39 is 0 Å². The van der Waals surface area contributed by atoms with E-state index in [1.807, 2.05) is 40.7 Å². The number of nitrogens with zero attached hydrogens (tertiary/aromatic N) is 3. The van der Waals surface area contributed by atoms with Crippen molar-refractivity contribution in [3.05, 3.63) is 47.8 Å². The second kappa shape index (κ2) is 8.13. The van der Waals surface area contributed by atoms with Crippen molar-refractivity contribution in [2.75, 3.05) is 26.3 Å². The number of aryl methyl sites for hydroxylation is 2. The number of rotatable bonds is 4. The van der Waals surface area contributed by atoms with Gasteiger partial charge in [-0.05, 0) is 31.5 Å². The third-order valence-corrected chi connectivity index (χ3v) is 5.98. The largest absolute Gasteiger partial charge is 0.490 e. The molecule has 7 heteroatoms. The van der Waals surface area contributed by atoms with E-state index in [9.17, 15) is 4.79 Å². The highest BCUT2D eigenvalue weighted by atomic mass is 16.6. The normalized spacial score (nSPS) is 16.5. The molecule has 2 aliphatic rings. The van der Waals surface area contributed by atoms with Crippen molar-refractivity contribution >= 4 is 16.9 Å². The van der Waals surface area contributed by atoms with Crippen LogP contribution < -0.4 is 14.2 Å². The molecule has 0 spiro atoms. The molecular formula is C24H27N3O4. The van der Waals surface area contributed by atoms with Crippen LogP contribution in [0.1, 0.15) is 24.2 Å². The van der Waals surface area contributed by atoms with Gasteiger partial charge < -0.3 is 23.7 Å². The average Bonchev–Trinajstić information content (AvgIpc) is 3.06. The molecule has 1 saturated heterocycles. The first-order chi connectivity index (χ1) is 15.1. The highest BCUT2D eigenvalue weighted by molar-refractivity contribution is 5.84. The molecule has 5 rings (SSSR count). The zero-order valence-corrected chi connectivity index (χ0v) is 18.0. The molecule has 1 fully saturated rings. The second-order valence-corrected chi connectivity index (χ2v) is 8.24. The number of amides is 1. The van der Waals surface area contributed by atoms with Crippen molar-refractivity contribution < 1.29 is 19.0 Å². The molecule has 0 unspecified atom stereocenters. The van der Waals surface area contributed by atoms with Gasteiger partial charge in [-0.1, -0.05) is 12.1 Å². The number of fused-ring (bicyclic) bond motifs is 2. The zero-order valence-electron chi connectivity index (χ0n) is 18.0. The summed E-state index contributed by atoms with van der Waals surface area (Å²) in [4.78, 5) is 19.6. The lowest BCUT2D eigenvalue weighted by Gasteiger charge is -2.32. The van der Waals surface area contributed by atoms with Crippen LogP contribution in [0.5, 0.6) is 17.2 Å². The van der Waals surface area contributed by atoms with E-state index in [4.69, 9.17) is 14.2 Å². The van der Waals surface area contributed by atoms with Gasteiger partial charge in [0.1, 0.15) is 37.4 Å². The fraction of sp³-hybridized carbons (Fsp3) is 0.417. The first-order valence-corrected chi connectivity index (χ1v) is 10.8. The standard InChI is InChI=1S/C24H27N3O4/c1-16-4-3-5-19(12-16)31-18-6-8-26(9-7-18)24(28)15-27-17(2)25-20-13-22-23(14-21(20)27)30-11-10-29-22/h3-5,12-14,18H,6-11,15H2,1-2H3. The summed E-state index contributed by atoms with van der Waals surface area (Å²) in [6, 6.07) is 11.9. The summed E-state index contributed by atoms with van der Waals surface area (Å²) in [5.74, 6) is 3.24. The van der Waals surface area contributed by atoms with Crippen LogP contribution in [0, 0.1) is 13.8 Å². The molecule has 0 radical (unpaired) electrons. The van der Waals surface area contributed by atoms with Crippen LogP contribution in [-0.4, -0.2) is 52.8 Å². The van der Waals surface area contributed by atoms with Crippen molar-refractivity contribution in [2.24, 2.45) is 0 Å². The number of likely N-dealkylation sites (tertiary alicyclic amines) is 1. The molecule has 0 aliphatic carbocycles. The third kappa shape index (κ3) is 4.04. The number of aromatic nitrogens is 2. The Morgan fingerprint density at radius 1 is 1.10 bits per heavy atom. The monoisotopic (exact) mass is 421 g/mol. The van der Waals surface area contributed by atoms with Gasteiger partial charge in [0, 0.05) is 38.1 Å². The van der Waals surface area contributed by atoms with Gasteiger partial charge in [0.05, 0.1) is 11.0 Å². The van der Waals surface area contributed by atoms with Crippen molar-refractivity contribution in [2.45, 2.75) is 39.3 Å². The Morgan fingerprint density at radius 2 is 1.84 bits per heavy atom. The topological polar surface area (TPSA) is 65.8 Å². The van der Waals surface area contributed by atoms with Gasteiger partial charge in [0.15, 0.2) is 11.5 Å². The maximum Gasteiger partial charge on any atom is 0.242 e. The van der Waals surface area contributed by atoms with E-state index in [0.717, 1.165) is 35.4 Å². The highest BCUT2D eigenvalue weighted by Crippen LogP contribution is 2.34. The van der Waals surface area contributed by atoms with Gasteiger partial charge in [-0.25, -0.2) is 4.98 Å². The number of carbonyl (C=O) groups is 1. The Labute approximate surface area is 181 Å². The van der Waals surface area contributed by atoms with Gasteiger partial charge in [0.25, 0.3) is 0 Å². The van der Waals surface area contributed by atoms with Gasteiger partial charge in [0.2, 0.25) is 5.91 Å². The molecule has 162 valence electrons. The molecule has 3 heterocycles. The van der Waals surface area contributed by atoms with Crippen LogP contribution >= 0.6 is 0 Å². The summed E-state index contributed by atoms with van der Waals surface area (Å²) in [7, 11) is 0. The van der Waals surface area contributed by atoms with Crippen LogP contribution in [0.2, 0.25) is 0 Å². The number of hydrogen-bond acceptors (Lipinski definition) is 5. The molecule has 0 atom stereocenters. The smallest absolute Gasteiger partial charge is 0.242 e. The van der Waals surface area contributed by atoms with Crippen molar-refractivity contribution in [3.63, 3.8) is 0 Å². The van der Waals surface area contributed by atoms with E-state index in [1.165, 1.54) is 5.56 Å². The molecule has 3 aromatic rings. The molecular weight excluding hydrogens is 394 g/mol. The summed E-state index contributed by atoms with van der Waals surface area (Å²) < 4.78 is 19.4. The SMILES string of the molecule is Cc1cccc(OC2CCN(C(=O)Cn3c(C)nc4cc5c(cc43)OCCO5)CC2)c1. The quantitative estimate of drug-likeness (QED) is 0.645. The minimum absolute atomic E-state index is 0.103. The Bertz CT molecular complexity index is 1120. The van der Waals surface area contributed by atoms with E-state index >= 15 is 0 Å². The first-order valence-electron chi connectivity index (χ1n) is 10.8. The highest BCUT2D eigenvalue weighted by Gasteiger charge is 2.25. The second-order valence-electron chi connectivity index (χ2n) is 8.24. The fourth-order valence-electron chi connectivity index (χ4n) is 4.32. The van der Waals surface area contributed by atoms with Gasteiger partial charge >= 0.3 is 0 Å². The van der Waals surface area contributed by atoms with Gasteiger partial charge in [-0.3, -0.25) is 4.79 Å². The number of hydrogen-bond donors (Lipinski definition) is 0. The summed E-state index contributed by atoms with van der Waals surface area (Å²) >= 11 is 0. The van der Waals surface area contributed by atoms with Crippen molar-refractivity contribution in [1.29, 1.82) is 0 Å². The maximum atomic E-state index is 13.0. The van der Waals surface area contributed by atoms with Crippen molar-refractivity contribution in [3.8, 4) is 17.2 Å². The lowest BCUT2D eigenvalue weighted by Crippen LogP contribution is -2.43. The fourth-order valence-corrected chi connectivity index (χ4v) is 4.32. The minimum atomic E-state index is 0.103. The third-order valence-electron chi connectivity index (χ3n) is 5.98. The molecule has 0 saturated carbocycles. The molecule has 0 N–H and O–H groups in total. The van der Waals surface area contributed by atoms with Crippen LogP contribution in [0.25, 0.3) is 11.0 Å². The van der Waals surface area contributed by atoms with E-state index in [1.54, 1.807) is 0 Å². The Hall–Kier alpha value is -3.22.